The van der Waals surface area contributed by atoms with Gasteiger partial charge in [-0.25, -0.2) is 0 Å². The minimum atomic E-state index is -0.995. The van der Waals surface area contributed by atoms with Gasteiger partial charge >= 0.3 is 5.97 Å². The number of amides is 2. The van der Waals surface area contributed by atoms with E-state index in [1.165, 1.54) is 16.7 Å². The van der Waals surface area contributed by atoms with Crippen molar-refractivity contribution in [3.63, 3.8) is 0 Å². The molecule has 0 aromatic heterocycles. The molecule has 1 aromatic carbocycles. The minimum absolute atomic E-state index is 0.00635. The first-order valence-corrected chi connectivity index (χ1v) is 11.1. The van der Waals surface area contributed by atoms with Gasteiger partial charge in [-0.05, 0) is 37.1 Å². The molecule has 3 aliphatic heterocycles. The molecule has 2 bridgehead atoms. The number of β-amino-alcohol motifs (C(OH)–C–C–N with tert-alkyl or cyclic N) is 1. The molecule has 9 heteroatoms. The van der Waals surface area contributed by atoms with Gasteiger partial charge in [-0.3, -0.25) is 14.4 Å². The summed E-state index contributed by atoms with van der Waals surface area (Å²) in [5.74, 6) is -3.20. The van der Waals surface area contributed by atoms with Crippen LogP contribution in [-0.2, 0) is 14.4 Å². The minimum Gasteiger partial charge on any atom is -0.481 e. The number of hydrogen-bond donors (Lipinski definition) is 2. The molecule has 3 heterocycles. The van der Waals surface area contributed by atoms with Crippen LogP contribution >= 0.6 is 23.4 Å². The lowest BCUT2D eigenvalue weighted by atomic mass is 9.71. The number of aliphatic carboxylic acids is 1. The number of carbonyl (C=O) groups is 3. The van der Waals surface area contributed by atoms with Gasteiger partial charge in [0.25, 0.3) is 5.91 Å². The van der Waals surface area contributed by atoms with Crippen LogP contribution in [0, 0.1) is 11.8 Å². The van der Waals surface area contributed by atoms with Crippen molar-refractivity contribution in [2.45, 2.75) is 28.9 Å². The molecule has 3 aliphatic rings. The number of thioether (sulfide) groups is 1. The van der Waals surface area contributed by atoms with Crippen LogP contribution in [-0.4, -0.2) is 68.6 Å². The van der Waals surface area contributed by atoms with Crippen molar-refractivity contribution >= 4 is 46.8 Å². The maximum absolute atomic E-state index is 13.9. The van der Waals surface area contributed by atoms with Crippen molar-refractivity contribution in [3.05, 3.63) is 41.9 Å². The Morgan fingerprint density at radius 3 is 2.67 bits per heavy atom. The van der Waals surface area contributed by atoms with Crippen molar-refractivity contribution in [1.82, 2.24) is 4.90 Å². The molecule has 7 nitrogen and oxygen atoms in total. The Kier molecular flexibility index (Phi) is 5.59. The van der Waals surface area contributed by atoms with Crippen molar-refractivity contribution < 1.29 is 24.6 Å². The van der Waals surface area contributed by atoms with Crippen LogP contribution in [0.1, 0.15) is 12.8 Å². The van der Waals surface area contributed by atoms with Crippen molar-refractivity contribution in [2.24, 2.45) is 11.8 Å². The lowest BCUT2D eigenvalue weighted by molar-refractivity contribution is -0.148. The summed E-state index contributed by atoms with van der Waals surface area (Å²) in [7, 11) is 0. The molecule has 2 N–H and O–H groups in total. The molecule has 0 aliphatic carbocycles. The fourth-order valence-electron chi connectivity index (χ4n) is 5.28. The number of benzene rings is 1. The zero-order valence-corrected chi connectivity index (χ0v) is 17.8. The van der Waals surface area contributed by atoms with Crippen LogP contribution in [0.4, 0.5) is 5.69 Å². The van der Waals surface area contributed by atoms with Gasteiger partial charge in [-0.2, -0.15) is 0 Å². The number of carboxylic acids is 1. The van der Waals surface area contributed by atoms with E-state index < -0.39 is 28.6 Å². The maximum Gasteiger partial charge on any atom is 0.308 e. The molecule has 0 radical (unpaired) electrons. The first-order chi connectivity index (χ1) is 14.4. The van der Waals surface area contributed by atoms with Crippen molar-refractivity contribution in [3.8, 4) is 0 Å². The summed E-state index contributed by atoms with van der Waals surface area (Å²) in [5, 5.41) is 19.7. The predicted molar refractivity (Wildman–Crippen MR) is 115 cm³/mol. The van der Waals surface area contributed by atoms with E-state index >= 15 is 0 Å². The number of aliphatic hydroxyl groups is 1. The topological polar surface area (TPSA) is 98.2 Å². The molecule has 1 aromatic rings. The highest BCUT2D eigenvalue weighted by molar-refractivity contribution is 8.02. The van der Waals surface area contributed by atoms with E-state index in [0.717, 1.165) is 0 Å². The van der Waals surface area contributed by atoms with E-state index in [2.05, 4.69) is 6.58 Å². The Labute approximate surface area is 183 Å². The molecule has 3 saturated heterocycles. The number of fused-ring (bicyclic) bond motifs is 1. The molecular weight excluding hydrogens is 428 g/mol. The smallest absolute Gasteiger partial charge is 0.308 e. The van der Waals surface area contributed by atoms with Crippen LogP contribution in [0.15, 0.2) is 36.9 Å². The number of anilines is 1. The molecule has 2 amide bonds. The lowest BCUT2D eigenvalue weighted by Gasteiger charge is -2.37. The average Bonchev–Trinajstić information content (AvgIpc) is 3.35. The standard InChI is InChI=1S/C21H23ClN2O5S/c1-2-9-23(13-5-3-12(22)4-6-13)19(27)17-21-8-7-14(30-21)15(20(28)29)16(21)18(26)24(17)10-11-25/h2-6,14-17,25H,1,7-11H2,(H,28,29)/t14-,15+,16+,17?,21?/m1/s1. The lowest BCUT2D eigenvalue weighted by Crippen LogP contribution is -2.55. The molecular formula is C21H23ClN2O5S. The van der Waals surface area contributed by atoms with Crippen molar-refractivity contribution in [1.29, 1.82) is 0 Å². The highest BCUT2D eigenvalue weighted by Crippen LogP contribution is 2.66. The Morgan fingerprint density at radius 2 is 2.07 bits per heavy atom. The van der Waals surface area contributed by atoms with Crippen molar-refractivity contribution in [2.75, 3.05) is 24.6 Å². The van der Waals surface area contributed by atoms with E-state index in [-0.39, 0.29) is 36.8 Å². The molecule has 1 spiro atoms. The third-order valence-corrected chi connectivity index (χ3v) is 8.58. The Bertz CT molecular complexity index is 894. The number of carbonyl (C=O) groups excluding carboxylic acids is 2. The number of nitrogens with zero attached hydrogens (tertiary/aromatic N) is 2. The molecule has 3 fully saturated rings. The summed E-state index contributed by atoms with van der Waals surface area (Å²) in [6.45, 7) is 3.67. The fraction of sp³-hybridized carbons (Fsp3) is 0.476. The number of aliphatic hydroxyl groups excluding tert-OH is 1. The van der Waals surface area contributed by atoms with E-state index in [0.29, 0.717) is 23.6 Å². The molecule has 5 atom stereocenters. The monoisotopic (exact) mass is 450 g/mol. The summed E-state index contributed by atoms with van der Waals surface area (Å²) >= 11 is 7.46. The number of rotatable bonds is 7. The summed E-state index contributed by atoms with van der Waals surface area (Å²) in [6.07, 6.45) is 2.86. The number of hydrogen-bond acceptors (Lipinski definition) is 5. The maximum atomic E-state index is 13.9. The molecule has 160 valence electrons. The molecule has 0 saturated carbocycles. The molecule has 30 heavy (non-hydrogen) atoms. The summed E-state index contributed by atoms with van der Waals surface area (Å²) in [5.41, 5.74) is 0.618. The third-order valence-electron chi connectivity index (χ3n) is 6.38. The Hall–Kier alpha value is -2.03. The quantitative estimate of drug-likeness (QED) is 0.617. The van der Waals surface area contributed by atoms with Gasteiger partial charge in [-0.1, -0.05) is 17.7 Å². The van der Waals surface area contributed by atoms with Gasteiger partial charge in [-0.15, -0.1) is 18.3 Å². The van der Waals surface area contributed by atoms with E-state index in [1.807, 2.05) is 0 Å². The number of halogens is 1. The second-order valence-corrected chi connectivity index (χ2v) is 9.90. The number of carboxylic acid groups (broad SMARTS) is 1. The van der Waals surface area contributed by atoms with E-state index in [1.54, 1.807) is 35.2 Å². The summed E-state index contributed by atoms with van der Waals surface area (Å²) in [6, 6.07) is 5.99. The first-order valence-electron chi connectivity index (χ1n) is 9.85. The van der Waals surface area contributed by atoms with Gasteiger partial charge in [0.05, 0.1) is 23.2 Å². The van der Waals surface area contributed by atoms with Gasteiger partial charge in [0, 0.05) is 29.0 Å². The van der Waals surface area contributed by atoms with Crippen LogP contribution < -0.4 is 4.90 Å². The predicted octanol–water partition coefficient (Wildman–Crippen LogP) is 2.03. The fourth-order valence-corrected chi connectivity index (χ4v) is 7.61. The second-order valence-electron chi connectivity index (χ2n) is 7.86. The second kappa shape index (κ2) is 7.90. The van der Waals surface area contributed by atoms with Gasteiger partial charge < -0.3 is 20.0 Å². The van der Waals surface area contributed by atoms with Crippen LogP contribution in [0.5, 0.6) is 0 Å². The third kappa shape index (κ3) is 3.04. The van der Waals surface area contributed by atoms with E-state index in [4.69, 9.17) is 11.6 Å². The Morgan fingerprint density at radius 1 is 1.37 bits per heavy atom. The SMILES string of the molecule is C=CCN(C(=O)C1N(CCO)C(=O)[C@@H]2[C@@H](C(=O)O)[C@H]3CCC12S3)c1ccc(Cl)cc1. The zero-order chi connectivity index (χ0) is 21.6. The average molecular weight is 451 g/mol. The molecule has 4 rings (SSSR count). The summed E-state index contributed by atoms with van der Waals surface area (Å²) < 4.78 is -0.789. The van der Waals surface area contributed by atoms with Gasteiger partial charge in [0.2, 0.25) is 5.91 Å². The van der Waals surface area contributed by atoms with Gasteiger partial charge in [0.15, 0.2) is 0 Å². The molecule has 2 unspecified atom stereocenters. The summed E-state index contributed by atoms with van der Waals surface area (Å²) in [4.78, 5) is 42.0. The highest BCUT2D eigenvalue weighted by atomic mass is 35.5. The normalized spacial score (nSPS) is 31.7. The van der Waals surface area contributed by atoms with Gasteiger partial charge in [0.1, 0.15) is 6.04 Å². The Balaban J connectivity index is 1.77. The largest absolute Gasteiger partial charge is 0.481 e. The number of likely N-dealkylation sites (tertiary alicyclic amines) is 1. The first kappa shape index (κ1) is 21.2. The zero-order valence-electron chi connectivity index (χ0n) is 16.2. The van der Waals surface area contributed by atoms with Crippen LogP contribution in [0.2, 0.25) is 5.02 Å². The van der Waals surface area contributed by atoms with Crippen LogP contribution in [0.25, 0.3) is 0 Å². The van der Waals surface area contributed by atoms with E-state index in [9.17, 15) is 24.6 Å². The highest BCUT2D eigenvalue weighted by Gasteiger charge is 2.74. The van der Waals surface area contributed by atoms with Crippen LogP contribution in [0.3, 0.4) is 0 Å².